The van der Waals surface area contributed by atoms with Crippen LogP contribution in [0.2, 0.25) is 0 Å². The average Bonchev–Trinajstić information content (AvgIpc) is 2.83. The van der Waals surface area contributed by atoms with Gasteiger partial charge in [0.1, 0.15) is 5.69 Å². The van der Waals surface area contributed by atoms with Gasteiger partial charge in [0.05, 0.1) is 4.92 Å². The maximum absolute atomic E-state index is 12.0. The quantitative estimate of drug-likeness (QED) is 0.541. The number of H-pyrrole nitrogens is 1. The molecule has 0 amide bonds. The summed E-state index contributed by atoms with van der Waals surface area (Å²) in [7, 11) is 0. The molecule has 9 nitrogen and oxygen atoms in total. The molecule has 0 aliphatic heterocycles. The van der Waals surface area contributed by atoms with Crippen LogP contribution in [0.1, 0.15) is 5.69 Å². The van der Waals surface area contributed by atoms with Crippen LogP contribution in [0.4, 0.5) is 5.69 Å². The molecule has 20 heavy (non-hydrogen) atoms. The number of nitro groups is 1. The molecule has 0 radical (unpaired) electrons. The van der Waals surface area contributed by atoms with E-state index in [2.05, 4.69) is 20.1 Å². The van der Waals surface area contributed by atoms with E-state index in [0.29, 0.717) is 11.4 Å². The van der Waals surface area contributed by atoms with Gasteiger partial charge in [-0.2, -0.15) is 9.50 Å². The highest BCUT2D eigenvalue weighted by atomic mass is 16.6. The Bertz CT molecular complexity index is 867. The van der Waals surface area contributed by atoms with Crippen molar-refractivity contribution in [3.05, 3.63) is 50.7 Å². The number of aromatic nitrogens is 5. The Morgan fingerprint density at radius 1 is 1.30 bits per heavy atom. The van der Waals surface area contributed by atoms with Crippen LogP contribution < -0.4 is 5.56 Å². The second kappa shape index (κ2) is 4.23. The molecular weight excluding hydrogens is 264 g/mol. The largest absolute Gasteiger partial charge is 0.357 e. The molecule has 0 saturated heterocycles. The molecule has 0 bridgehead atoms. The minimum absolute atomic E-state index is 0.0350. The monoisotopic (exact) mass is 272 g/mol. The molecule has 100 valence electrons. The number of hydrogen-bond donors (Lipinski definition) is 1. The van der Waals surface area contributed by atoms with Crippen molar-refractivity contribution in [3.63, 3.8) is 0 Å². The van der Waals surface area contributed by atoms with Gasteiger partial charge >= 0.3 is 11.2 Å². The van der Waals surface area contributed by atoms with Crippen LogP contribution in [-0.2, 0) is 0 Å². The first kappa shape index (κ1) is 12.0. The van der Waals surface area contributed by atoms with E-state index in [0.717, 1.165) is 4.52 Å². The van der Waals surface area contributed by atoms with Crippen molar-refractivity contribution in [2.75, 3.05) is 0 Å². The molecule has 0 saturated carbocycles. The number of fused-ring (bicyclic) bond motifs is 1. The maximum Gasteiger partial charge on any atom is 0.357 e. The third-order valence-electron chi connectivity index (χ3n) is 2.78. The second-order valence-corrected chi connectivity index (χ2v) is 4.05. The number of nitrogens with zero attached hydrogens (tertiary/aromatic N) is 5. The van der Waals surface area contributed by atoms with Gasteiger partial charge in [-0.3, -0.25) is 25.0 Å². The number of hydrogen-bond acceptors (Lipinski definition) is 6. The van der Waals surface area contributed by atoms with Gasteiger partial charge in [-0.25, -0.2) is 4.98 Å². The van der Waals surface area contributed by atoms with Crippen LogP contribution in [0, 0.1) is 17.0 Å². The fraction of sp³-hybridized carbons (Fsp3) is 0.0909. The van der Waals surface area contributed by atoms with E-state index < -0.39 is 16.2 Å². The van der Waals surface area contributed by atoms with Crippen LogP contribution in [-0.4, -0.2) is 29.5 Å². The SMILES string of the molecule is Cc1nc2nc(-c3ccncc3)[nH]n2c(=O)c1[N+](=O)[O-]. The molecule has 3 aromatic heterocycles. The van der Waals surface area contributed by atoms with Gasteiger partial charge in [-0.05, 0) is 19.1 Å². The lowest BCUT2D eigenvalue weighted by atomic mass is 10.3. The third-order valence-corrected chi connectivity index (χ3v) is 2.78. The van der Waals surface area contributed by atoms with Gasteiger partial charge in [-0.15, -0.1) is 0 Å². The van der Waals surface area contributed by atoms with Crippen LogP contribution in [0.5, 0.6) is 0 Å². The van der Waals surface area contributed by atoms with Crippen LogP contribution in [0.25, 0.3) is 17.2 Å². The molecule has 0 aromatic carbocycles. The summed E-state index contributed by atoms with van der Waals surface area (Å²) in [6.07, 6.45) is 3.15. The van der Waals surface area contributed by atoms with Crippen molar-refractivity contribution in [1.82, 2.24) is 24.6 Å². The summed E-state index contributed by atoms with van der Waals surface area (Å²) in [5.74, 6) is 0.474. The molecule has 0 atom stereocenters. The van der Waals surface area contributed by atoms with E-state index in [1.165, 1.54) is 6.92 Å². The fourth-order valence-corrected chi connectivity index (χ4v) is 1.86. The van der Waals surface area contributed by atoms with Crippen LogP contribution in [0.15, 0.2) is 29.3 Å². The smallest absolute Gasteiger partial charge is 0.271 e. The van der Waals surface area contributed by atoms with Gasteiger partial charge in [0.2, 0.25) is 0 Å². The molecule has 0 unspecified atom stereocenters. The van der Waals surface area contributed by atoms with E-state index in [-0.39, 0.29) is 11.5 Å². The fourth-order valence-electron chi connectivity index (χ4n) is 1.86. The minimum atomic E-state index is -0.787. The first-order valence-electron chi connectivity index (χ1n) is 5.62. The molecule has 0 aliphatic rings. The Hall–Kier alpha value is -3.10. The lowest BCUT2D eigenvalue weighted by Gasteiger charge is -1.95. The van der Waals surface area contributed by atoms with Gasteiger partial charge in [0, 0.05) is 18.0 Å². The zero-order chi connectivity index (χ0) is 14.3. The van der Waals surface area contributed by atoms with Crippen LogP contribution >= 0.6 is 0 Å². The van der Waals surface area contributed by atoms with Crippen molar-refractivity contribution >= 4 is 11.5 Å². The first-order valence-corrected chi connectivity index (χ1v) is 5.62. The summed E-state index contributed by atoms with van der Waals surface area (Å²) >= 11 is 0. The lowest BCUT2D eigenvalue weighted by molar-refractivity contribution is -0.387. The topological polar surface area (TPSA) is 119 Å². The highest BCUT2D eigenvalue weighted by molar-refractivity contribution is 5.56. The van der Waals surface area contributed by atoms with Crippen molar-refractivity contribution in [1.29, 1.82) is 0 Å². The number of aromatic amines is 1. The normalized spacial score (nSPS) is 10.8. The number of rotatable bonds is 2. The van der Waals surface area contributed by atoms with E-state index in [9.17, 15) is 14.9 Å². The van der Waals surface area contributed by atoms with Crippen molar-refractivity contribution in [2.45, 2.75) is 6.92 Å². The summed E-state index contributed by atoms with van der Waals surface area (Å²) in [6, 6.07) is 3.40. The third kappa shape index (κ3) is 1.72. The zero-order valence-electron chi connectivity index (χ0n) is 10.3. The number of pyridine rings is 1. The highest BCUT2D eigenvalue weighted by Crippen LogP contribution is 2.15. The average molecular weight is 272 g/mol. The number of aryl methyl sites for hydroxylation is 1. The predicted molar refractivity (Wildman–Crippen MR) is 68.2 cm³/mol. The lowest BCUT2D eigenvalue weighted by Crippen LogP contribution is -2.20. The Morgan fingerprint density at radius 3 is 2.65 bits per heavy atom. The Morgan fingerprint density at radius 2 is 2.00 bits per heavy atom. The Balaban J connectivity index is 2.30. The molecule has 0 fully saturated rings. The van der Waals surface area contributed by atoms with Crippen molar-refractivity contribution < 1.29 is 4.92 Å². The highest BCUT2D eigenvalue weighted by Gasteiger charge is 2.22. The van der Waals surface area contributed by atoms with E-state index in [4.69, 9.17) is 0 Å². The van der Waals surface area contributed by atoms with Gasteiger partial charge in [0.15, 0.2) is 5.82 Å². The van der Waals surface area contributed by atoms with Crippen molar-refractivity contribution in [3.8, 4) is 11.4 Å². The van der Waals surface area contributed by atoms with Gasteiger partial charge < -0.3 is 0 Å². The molecule has 0 aliphatic carbocycles. The van der Waals surface area contributed by atoms with Crippen LogP contribution in [0.3, 0.4) is 0 Å². The molecule has 1 N–H and O–H groups in total. The van der Waals surface area contributed by atoms with Gasteiger partial charge in [-0.1, -0.05) is 0 Å². The van der Waals surface area contributed by atoms with E-state index in [1.807, 2.05) is 0 Å². The standard InChI is InChI=1S/C11H8N6O3/c1-6-8(17(19)20)10(18)16-11(13-6)14-9(15-16)7-2-4-12-5-3-7/h2-5H,1H3,(H,13,14,15). The molecule has 9 heteroatoms. The maximum atomic E-state index is 12.0. The molecule has 3 aromatic rings. The summed E-state index contributed by atoms with van der Waals surface area (Å²) in [5, 5.41) is 13.6. The Labute approximate surface area is 111 Å². The van der Waals surface area contributed by atoms with E-state index >= 15 is 0 Å². The minimum Gasteiger partial charge on any atom is -0.271 e. The zero-order valence-corrected chi connectivity index (χ0v) is 10.3. The summed E-state index contributed by atoms with van der Waals surface area (Å²) < 4.78 is 0.959. The summed E-state index contributed by atoms with van der Waals surface area (Å²) in [6.45, 7) is 1.40. The predicted octanol–water partition coefficient (Wildman–Crippen LogP) is 0.696. The van der Waals surface area contributed by atoms with Gasteiger partial charge in [0.25, 0.3) is 5.78 Å². The molecule has 3 heterocycles. The Kier molecular flexibility index (Phi) is 2.53. The molecule has 0 spiro atoms. The molecular formula is C11H8N6O3. The number of nitrogens with one attached hydrogen (secondary N) is 1. The van der Waals surface area contributed by atoms with Crippen molar-refractivity contribution in [2.24, 2.45) is 0 Å². The second-order valence-electron chi connectivity index (χ2n) is 4.05. The summed E-state index contributed by atoms with van der Waals surface area (Å²) in [4.78, 5) is 34.2. The molecule has 3 rings (SSSR count). The van der Waals surface area contributed by atoms with E-state index in [1.54, 1.807) is 24.5 Å². The first-order chi connectivity index (χ1) is 9.58. The summed E-state index contributed by atoms with van der Waals surface area (Å²) in [5.41, 5.74) is -0.615.